The fourth-order valence-electron chi connectivity index (χ4n) is 4.14. The highest BCUT2D eigenvalue weighted by atomic mass is 32.2. The van der Waals surface area contributed by atoms with E-state index >= 15 is 0 Å². The van der Waals surface area contributed by atoms with Crippen molar-refractivity contribution >= 4 is 51.6 Å². The average molecular weight is 539 g/mol. The van der Waals surface area contributed by atoms with E-state index in [-0.39, 0.29) is 23.3 Å². The summed E-state index contributed by atoms with van der Waals surface area (Å²) < 4.78 is 10.0. The van der Waals surface area contributed by atoms with Gasteiger partial charge in [0.25, 0.3) is 5.56 Å². The van der Waals surface area contributed by atoms with Crippen LogP contribution in [0.5, 0.6) is 0 Å². The molecule has 1 aliphatic rings. The second-order valence-electron chi connectivity index (χ2n) is 8.72. The molecule has 1 fully saturated rings. The van der Waals surface area contributed by atoms with E-state index in [1.807, 2.05) is 60.0 Å². The van der Waals surface area contributed by atoms with Gasteiger partial charge in [-0.2, -0.15) is 0 Å². The van der Waals surface area contributed by atoms with E-state index in [2.05, 4.69) is 12.2 Å². The van der Waals surface area contributed by atoms with Crippen LogP contribution < -0.4 is 10.9 Å². The molecular weight excluding hydrogens is 513 g/mol. The summed E-state index contributed by atoms with van der Waals surface area (Å²) >= 11 is 8.17. The van der Waals surface area contributed by atoms with Gasteiger partial charge in [-0.05, 0) is 74.3 Å². The molecule has 1 amide bonds. The van der Waals surface area contributed by atoms with Crippen molar-refractivity contribution in [2.75, 3.05) is 18.9 Å². The highest BCUT2D eigenvalue weighted by Crippen LogP contribution is 2.28. The van der Waals surface area contributed by atoms with E-state index in [0.717, 1.165) is 30.7 Å². The lowest BCUT2D eigenvalue weighted by Crippen LogP contribution is -2.33. The number of hydrogen-bond acceptors (Lipinski definition) is 7. The van der Waals surface area contributed by atoms with Crippen molar-refractivity contribution in [3.8, 4) is 11.4 Å². The third-order valence-electron chi connectivity index (χ3n) is 6.22. The Kier molecular flexibility index (Phi) is 7.38. The molecule has 0 saturated carbocycles. The Morgan fingerprint density at radius 1 is 1.17 bits per heavy atom. The van der Waals surface area contributed by atoms with E-state index in [0.29, 0.717) is 31.7 Å². The molecule has 186 valence electrons. The molecule has 0 radical (unpaired) electrons. The molecule has 0 spiro atoms. The molecule has 1 unspecified atom stereocenters. The number of thiazole rings is 1. The molecule has 3 heterocycles. The van der Waals surface area contributed by atoms with Gasteiger partial charge in [-0.15, -0.1) is 0 Å². The molecule has 0 bridgehead atoms. The predicted octanol–water partition coefficient (Wildman–Crippen LogP) is 4.97. The minimum atomic E-state index is -0.202. The first-order chi connectivity index (χ1) is 17.4. The van der Waals surface area contributed by atoms with Gasteiger partial charge in [0, 0.05) is 18.8 Å². The maximum Gasteiger partial charge on any atom is 0.278 e. The zero-order valence-electron chi connectivity index (χ0n) is 20.0. The Morgan fingerprint density at radius 3 is 2.69 bits per heavy atom. The number of aromatic nitrogens is 3. The van der Waals surface area contributed by atoms with Crippen LogP contribution in [0.4, 0.5) is 0 Å². The van der Waals surface area contributed by atoms with Gasteiger partial charge >= 0.3 is 0 Å². The zero-order chi connectivity index (χ0) is 25.2. The Morgan fingerprint density at radius 2 is 1.97 bits per heavy atom. The van der Waals surface area contributed by atoms with E-state index in [9.17, 15) is 9.59 Å². The quantitative estimate of drug-likeness (QED) is 0.203. The van der Waals surface area contributed by atoms with Gasteiger partial charge in [0.2, 0.25) is 5.91 Å². The van der Waals surface area contributed by atoms with E-state index in [1.54, 1.807) is 4.57 Å². The molecule has 10 heteroatoms. The number of para-hydroxylation sites is 1. The molecule has 2 aromatic heterocycles. The van der Waals surface area contributed by atoms with E-state index in [1.165, 1.54) is 28.7 Å². The normalized spacial score (nSPS) is 15.4. The topological polar surface area (TPSA) is 78.2 Å². The van der Waals surface area contributed by atoms with Crippen LogP contribution in [-0.4, -0.2) is 45.0 Å². The van der Waals surface area contributed by atoms with Crippen LogP contribution in [0, 0.1) is 17.8 Å². The monoisotopic (exact) mass is 538 g/mol. The van der Waals surface area contributed by atoms with Crippen molar-refractivity contribution in [1.29, 1.82) is 0 Å². The minimum absolute atomic E-state index is 0.0733. The molecule has 7 nitrogen and oxygen atoms in total. The number of fused-ring (bicyclic) bond motifs is 1. The summed E-state index contributed by atoms with van der Waals surface area (Å²) in [5.41, 5.74) is 4.17. The minimum Gasteiger partial charge on any atom is -0.376 e. The van der Waals surface area contributed by atoms with Crippen molar-refractivity contribution in [2.45, 2.75) is 37.9 Å². The average Bonchev–Trinajstić information content (AvgIpc) is 3.51. The summed E-state index contributed by atoms with van der Waals surface area (Å²) in [7, 11) is 0. The fraction of sp³-hybridized carbons (Fsp3) is 0.308. The smallest absolute Gasteiger partial charge is 0.278 e. The summed E-state index contributed by atoms with van der Waals surface area (Å²) in [6, 6.07) is 15.4. The van der Waals surface area contributed by atoms with Crippen molar-refractivity contribution in [1.82, 2.24) is 19.4 Å². The number of benzene rings is 2. The molecular formula is C26H26N4O3S3. The van der Waals surface area contributed by atoms with Crippen molar-refractivity contribution < 1.29 is 9.53 Å². The van der Waals surface area contributed by atoms with Crippen LogP contribution in [-0.2, 0) is 9.53 Å². The number of nitrogens with zero attached hydrogens (tertiary/aromatic N) is 3. The number of rotatable bonds is 7. The van der Waals surface area contributed by atoms with Gasteiger partial charge in [0.15, 0.2) is 14.8 Å². The van der Waals surface area contributed by atoms with Crippen molar-refractivity contribution in [3.05, 3.63) is 74.0 Å². The van der Waals surface area contributed by atoms with Crippen LogP contribution >= 0.6 is 35.3 Å². The summed E-state index contributed by atoms with van der Waals surface area (Å²) in [6.45, 7) is 5.34. The largest absolute Gasteiger partial charge is 0.376 e. The predicted molar refractivity (Wildman–Crippen MR) is 148 cm³/mol. The van der Waals surface area contributed by atoms with Crippen molar-refractivity contribution in [2.24, 2.45) is 0 Å². The molecule has 4 aromatic rings. The Labute approximate surface area is 222 Å². The maximum absolute atomic E-state index is 13.8. The van der Waals surface area contributed by atoms with Crippen LogP contribution in [0.3, 0.4) is 0 Å². The van der Waals surface area contributed by atoms with Gasteiger partial charge in [-0.25, -0.2) is 4.98 Å². The fourth-order valence-corrected chi connectivity index (χ4v) is 6.28. The number of thioether (sulfide) groups is 1. The SMILES string of the molecule is Cc1ccc(-n2c(=S)sc3c(=O)n(-c4ccccc4)c(SCC(=O)NCC4CCCO4)nc32)cc1C. The number of ether oxygens (including phenoxy) is 1. The van der Waals surface area contributed by atoms with Crippen LogP contribution in [0.2, 0.25) is 0 Å². The van der Waals surface area contributed by atoms with Crippen LogP contribution in [0.25, 0.3) is 21.7 Å². The number of aryl methyl sites for hydroxylation is 2. The first kappa shape index (κ1) is 24.9. The maximum atomic E-state index is 13.8. The molecule has 0 aliphatic carbocycles. The molecule has 2 aromatic carbocycles. The molecule has 36 heavy (non-hydrogen) atoms. The second-order valence-corrected chi connectivity index (χ2v) is 11.3. The van der Waals surface area contributed by atoms with Gasteiger partial charge in [-0.3, -0.25) is 18.7 Å². The molecule has 5 rings (SSSR count). The summed E-state index contributed by atoms with van der Waals surface area (Å²) in [5, 5.41) is 3.38. The molecule has 1 N–H and O–H groups in total. The zero-order valence-corrected chi connectivity index (χ0v) is 22.5. The highest BCUT2D eigenvalue weighted by molar-refractivity contribution is 7.99. The Bertz CT molecular complexity index is 1540. The van der Waals surface area contributed by atoms with E-state index in [4.69, 9.17) is 21.9 Å². The third kappa shape index (κ3) is 5.04. The Balaban J connectivity index is 1.55. The molecule has 1 saturated heterocycles. The standard InChI is InChI=1S/C26H26N4O3S3/c1-16-10-11-19(13-17(16)2)29-23-22(36-26(29)34)24(32)30(18-7-4-3-5-8-18)25(28-23)35-15-21(31)27-14-20-9-6-12-33-20/h3-5,7-8,10-11,13,20H,6,9,12,14-15H2,1-2H3,(H,27,31). The van der Waals surface area contributed by atoms with Crippen LogP contribution in [0.1, 0.15) is 24.0 Å². The van der Waals surface area contributed by atoms with Crippen molar-refractivity contribution in [3.63, 3.8) is 0 Å². The number of amides is 1. The van der Waals surface area contributed by atoms with Gasteiger partial charge in [-0.1, -0.05) is 47.4 Å². The number of hydrogen-bond donors (Lipinski definition) is 1. The molecule has 1 atom stereocenters. The summed E-state index contributed by atoms with van der Waals surface area (Å²) in [6.07, 6.45) is 2.05. The lowest BCUT2D eigenvalue weighted by molar-refractivity contribution is -0.119. The highest BCUT2D eigenvalue weighted by Gasteiger charge is 2.21. The first-order valence-electron chi connectivity index (χ1n) is 11.7. The first-order valence-corrected chi connectivity index (χ1v) is 14.0. The van der Waals surface area contributed by atoms with E-state index < -0.39 is 0 Å². The molecule has 1 aliphatic heterocycles. The van der Waals surface area contributed by atoms with Gasteiger partial charge in [0.1, 0.15) is 4.70 Å². The summed E-state index contributed by atoms with van der Waals surface area (Å²) in [5.74, 6) is 0.00668. The number of carbonyl (C=O) groups excluding carboxylic acids is 1. The summed E-state index contributed by atoms with van der Waals surface area (Å²) in [4.78, 5) is 31.3. The van der Waals surface area contributed by atoms with Crippen LogP contribution in [0.15, 0.2) is 58.5 Å². The van der Waals surface area contributed by atoms with Gasteiger partial charge in [0.05, 0.1) is 17.5 Å². The Hall–Kier alpha value is -2.79. The second kappa shape index (κ2) is 10.7. The van der Waals surface area contributed by atoms with Gasteiger partial charge < -0.3 is 10.1 Å². The third-order valence-corrected chi connectivity index (χ3v) is 8.51. The lowest BCUT2D eigenvalue weighted by Gasteiger charge is -2.14. The lowest BCUT2D eigenvalue weighted by atomic mass is 10.1. The number of carbonyl (C=O) groups is 1. The number of nitrogens with one attached hydrogen (secondary N) is 1.